The Morgan fingerprint density at radius 2 is 1.97 bits per heavy atom. The third kappa shape index (κ3) is 6.21. The molecule has 2 aliphatic heterocycles. The number of hydrogen-bond acceptors (Lipinski definition) is 8. The zero-order chi connectivity index (χ0) is 24.0. The summed E-state index contributed by atoms with van der Waals surface area (Å²) in [6, 6.07) is 5.38. The predicted molar refractivity (Wildman–Crippen MR) is 126 cm³/mol. The summed E-state index contributed by atoms with van der Waals surface area (Å²) in [5.41, 5.74) is 2.28. The van der Waals surface area contributed by atoms with Crippen LogP contribution < -0.4 is 5.32 Å². The molecule has 8 nitrogen and oxygen atoms in total. The molecule has 1 amide bonds. The number of halogens is 1. The van der Waals surface area contributed by atoms with E-state index in [0.717, 1.165) is 6.54 Å². The number of hydrogen-bond donors (Lipinski definition) is 1. The van der Waals surface area contributed by atoms with Crippen molar-refractivity contribution in [1.29, 1.82) is 0 Å². The van der Waals surface area contributed by atoms with Crippen LogP contribution in [0.4, 0.5) is 4.39 Å². The zero-order valence-corrected chi connectivity index (χ0v) is 20.1. The van der Waals surface area contributed by atoms with Crippen molar-refractivity contribution >= 4 is 28.8 Å². The molecule has 0 saturated heterocycles. The van der Waals surface area contributed by atoms with Gasteiger partial charge in [-0.05, 0) is 44.1 Å². The average Bonchev–Trinajstić information content (AvgIpc) is 3.15. The third-order valence-corrected chi connectivity index (χ3v) is 6.04. The zero-order valence-electron chi connectivity index (χ0n) is 19.3. The van der Waals surface area contributed by atoms with Gasteiger partial charge in [0.25, 0.3) is 0 Å². The standard InChI is InChI=1S/C23H29FN4O4S/c1-15-20(22(30)32-12-11-31-4)21(16-5-7-17(24)8-6-16)28-18(14-33-23(28)26-15)13-19(29)25-9-10-27(2)3/h5-8,14,21H,9-13H2,1-4H3,(H,25,29). The van der Waals surface area contributed by atoms with Gasteiger partial charge in [-0.2, -0.15) is 0 Å². The molecule has 178 valence electrons. The number of likely N-dealkylation sites (N-methyl/N-ethyl adjacent to an activating group) is 1. The molecule has 1 aromatic carbocycles. The fraction of sp³-hybridized carbons (Fsp3) is 0.435. The van der Waals surface area contributed by atoms with E-state index in [4.69, 9.17) is 9.47 Å². The lowest BCUT2D eigenvalue weighted by Gasteiger charge is -2.36. The van der Waals surface area contributed by atoms with Crippen LogP contribution >= 0.6 is 11.8 Å². The summed E-state index contributed by atoms with van der Waals surface area (Å²) in [6.07, 6.45) is 0.127. The number of carbonyl (C=O) groups excluding carboxylic acids is 2. The molecule has 33 heavy (non-hydrogen) atoms. The maximum Gasteiger partial charge on any atom is 0.338 e. The highest BCUT2D eigenvalue weighted by molar-refractivity contribution is 8.16. The summed E-state index contributed by atoms with van der Waals surface area (Å²) in [4.78, 5) is 34.1. The van der Waals surface area contributed by atoms with Crippen LogP contribution in [-0.4, -0.2) is 74.4 Å². The van der Waals surface area contributed by atoms with Gasteiger partial charge in [0.15, 0.2) is 5.17 Å². The number of methoxy groups -OCH3 is 1. The van der Waals surface area contributed by atoms with E-state index in [9.17, 15) is 14.0 Å². The first-order chi connectivity index (χ1) is 15.8. The van der Waals surface area contributed by atoms with Gasteiger partial charge in [0, 0.05) is 25.9 Å². The van der Waals surface area contributed by atoms with Gasteiger partial charge >= 0.3 is 5.97 Å². The van der Waals surface area contributed by atoms with Crippen LogP contribution in [0.1, 0.15) is 24.9 Å². The van der Waals surface area contributed by atoms with Crippen LogP contribution in [0, 0.1) is 5.82 Å². The van der Waals surface area contributed by atoms with Crippen LogP contribution in [0.3, 0.4) is 0 Å². The summed E-state index contributed by atoms with van der Waals surface area (Å²) in [5, 5.41) is 5.44. The van der Waals surface area contributed by atoms with Gasteiger partial charge in [-0.15, -0.1) is 0 Å². The van der Waals surface area contributed by atoms with Crippen molar-refractivity contribution in [2.75, 3.05) is 47.5 Å². The lowest BCUT2D eigenvalue weighted by atomic mass is 9.94. The van der Waals surface area contributed by atoms with E-state index < -0.39 is 12.0 Å². The van der Waals surface area contributed by atoms with Gasteiger partial charge in [-0.1, -0.05) is 23.9 Å². The van der Waals surface area contributed by atoms with E-state index >= 15 is 0 Å². The number of fused-ring (bicyclic) bond motifs is 1. The van der Waals surface area contributed by atoms with Crippen LogP contribution in [-0.2, 0) is 19.1 Å². The number of amidine groups is 1. The van der Waals surface area contributed by atoms with E-state index in [2.05, 4.69) is 10.3 Å². The number of carbonyl (C=O) groups is 2. The molecule has 0 radical (unpaired) electrons. The molecule has 3 rings (SSSR count). The van der Waals surface area contributed by atoms with Crippen molar-refractivity contribution in [3.8, 4) is 0 Å². The summed E-state index contributed by atoms with van der Waals surface area (Å²) in [7, 11) is 5.40. The minimum Gasteiger partial charge on any atom is -0.460 e. The Kier molecular flexibility index (Phi) is 8.65. The Morgan fingerprint density at radius 1 is 1.24 bits per heavy atom. The number of nitrogens with zero attached hydrogens (tertiary/aromatic N) is 3. The summed E-state index contributed by atoms with van der Waals surface area (Å²) >= 11 is 1.39. The van der Waals surface area contributed by atoms with Gasteiger partial charge < -0.3 is 24.6 Å². The quantitative estimate of drug-likeness (QED) is 0.411. The third-order valence-electron chi connectivity index (χ3n) is 5.15. The number of benzene rings is 1. The van der Waals surface area contributed by atoms with Crippen LogP contribution in [0.25, 0.3) is 0 Å². The SMILES string of the molecule is COCCOC(=O)C1=C(C)N=C2SC=C(CC(=O)NCCN(C)C)N2C1c1ccc(F)cc1. The Labute approximate surface area is 197 Å². The average molecular weight is 477 g/mol. The molecule has 1 unspecified atom stereocenters. The fourth-order valence-electron chi connectivity index (χ4n) is 3.53. The van der Waals surface area contributed by atoms with E-state index in [-0.39, 0.29) is 31.4 Å². The molecule has 2 aliphatic rings. The Hall–Kier alpha value is -2.69. The summed E-state index contributed by atoms with van der Waals surface area (Å²) in [5.74, 6) is -1.02. The topological polar surface area (TPSA) is 83.5 Å². The van der Waals surface area contributed by atoms with Gasteiger partial charge in [0.1, 0.15) is 12.4 Å². The second kappa shape index (κ2) is 11.4. The number of ether oxygens (including phenoxy) is 2. The van der Waals surface area contributed by atoms with E-state index in [0.29, 0.717) is 34.2 Å². The molecule has 0 bridgehead atoms. The smallest absolute Gasteiger partial charge is 0.338 e. The van der Waals surface area contributed by atoms with E-state index in [1.54, 1.807) is 19.1 Å². The predicted octanol–water partition coefficient (Wildman–Crippen LogP) is 2.66. The molecular weight excluding hydrogens is 447 g/mol. The molecule has 0 fully saturated rings. The lowest BCUT2D eigenvalue weighted by molar-refractivity contribution is -0.141. The van der Waals surface area contributed by atoms with E-state index in [1.807, 2.05) is 29.3 Å². The molecule has 1 aromatic rings. The van der Waals surface area contributed by atoms with Crippen LogP contribution in [0.2, 0.25) is 0 Å². The minimum atomic E-state index is -0.594. The van der Waals surface area contributed by atoms with Crippen molar-refractivity contribution < 1.29 is 23.5 Å². The molecule has 0 spiro atoms. The number of allylic oxidation sites excluding steroid dienone is 1. The van der Waals surface area contributed by atoms with Crippen LogP contribution in [0.15, 0.2) is 51.6 Å². The van der Waals surface area contributed by atoms with Gasteiger partial charge in [-0.25, -0.2) is 14.2 Å². The van der Waals surface area contributed by atoms with Crippen LogP contribution in [0.5, 0.6) is 0 Å². The molecule has 1 atom stereocenters. The highest BCUT2D eigenvalue weighted by Crippen LogP contribution is 2.44. The Balaban J connectivity index is 1.89. The van der Waals surface area contributed by atoms with E-state index in [1.165, 1.54) is 31.0 Å². The van der Waals surface area contributed by atoms with Crippen molar-refractivity contribution in [2.24, 2.45) is 4.99 Å². The van der Waals surface area contributed by atoms with Crippen molar-refractivity contribution in [3.05, 3.63) is 58.0 Å². The highest BCUT2D eigenvalue weighted by Gasteiger charge is 2.41. The van der Waals surface area contributed by atoms with Crippen molar-refractivity contribution in [1.82, 2.24) is 15.1 Å². The molecule has 10 heteroatoms. The Bertz CT molecular complexity index is 975. The van der Waals surface area contributed by atoms with Crippen molar-refractivity contribution in [3.63, 3.8) is 0 Å². The molecule has 1 N–H and O–H groups in total. The minimum absolute atomic E-state index is 0.102. The van der Waals surface area contributed by atoms with Gasteiger partial charge in [-0.3, -0.25) is 4.79 Å². The Morgan fingerprint density at radius 3 is 2.64 bits per heavy atom. The number of amides is 1. The monoisotopic (exact) mass is 476 g/mol. The first-order valence-corrected chi connectivity index (χ1v) is 11.5. The molecule has 2 heterocycles. The first-order valence-electron chi connectivity index (χ1n) is 10.6. The molecular formula is C23H29FN4O4S. The number of nitrogens with one attached hydrogen (secondary N) is 1. The summed E-state index contributed by atoms with van der Waals surface area (Å²) < 4.78 is 24.0. The number of rotatable bonds is 10. The number of aliphatic imine (C=N–C) groups is 1. The maximum atomic E-state index is 13.7. The molecule has 0 saturated carbocycles. The molecule has 0 aromatic heterocycles. The normalized spacial score (nSPS) is 17.6. The molecule has 0 aliphatic carbocycles. The summed E-state index contributed by atoms with van der Waals surface area (Å²) in [6.45, 7) is 3.38. The number of esters is 1. The second-order valence-electron chi connectivity index (χ2n) is 7.90. The van der Waals surface area contributed by atoms with Crippen molar-refractivity contribution in [2.45, 2.75) is 19.4 Å². The van der Waals surface area contributed by atoms with Gasteiger partial charge in [0.05, 0.1) is 30.3 Å². The van der Waals surface area contributed by atoms with Gasteiger partial charge in [0.2, 0.25) is 5.91 Å². The maximum absolute atomic E-state index is 13.7. The fourth-order valence-corrected chi connectivity index (χ4v) is 4.50. The number of thioether (sulfide) groups is 1. The first kappa shape index (κ1) is 24.9. The highest BCUT2D eigenvalue weighted by atomic mass is 32.2. The second-order valence-corrected chi connectivity index (χ2v) is 8.74. The largest absolute Gasteiger partial charge is 0.460 e. The lowest BCUT2D eigenvalue weighted by Crippen LogP contribution is -2.38.